The summed E-state index contributed by atoms with van der Waals surface area (Å²) in [5.41, 5.74) is 0.912. The van der Waals surface area contributed by atoms with E-state index < -0.39 is 26.3 Å². The van der Waals surface area contributed by atoms with Crippen LogP contribution in [0.15, 0.2) is 30.3 Å². The summed E-state index contributed by atoms with van der Waals surface area (Å²) in [6, 6.07) is 8.86. The number of rotatable bonds is 4. The molecule has 1 rings (SSSR count). The highest BCUT2D eigenvalue weighted by molar-refractivity contribution is 6.83. The van der Waals surface area contributed by atoms with E-state index in [0.29, 0.717) is 0 Å². The molecule has 0 bridgehead atoms. The molecule has 0 heterocycles. The first-order valence-corrected chi connectivity index (χ1v) is 10.4. The summed E-state index contributed by atoms with van der Waals surface area (Å²) in [7, 11) is -1.74. The molecule has 0 spiro atoms. The molecule has 0 aliphatic heterocycles. The minimum atomic E-state index is -4.67. The predicted molar refractivity (Wildman–Crippen MR) is 81.5 cm³/mol. The van der Waals surface area contributed by atoms with Crippen LogP contribution in [-0.2, 0) is 6.42 Å². The molecule has 1 atom stereocenters. The van der Waals surface area contributed by atoms with Gasteiger partial charge in [-0.05, 0) is 18.4 Å². The van der Waals surface area contributed by atoms with Gasteiger partial charge in [-0.25, -0.2) is 0 Å². The Balaban J connectivity index is 2.81. The fourth-order valence-corrected chi connectivity index (χ4v) is 2.40. The molecule has 1 aromatic carbocycles. The Hall–Kier alpha value is -1.25. The number of hydrogen-bond acceptors (Lipinski definition) is 1. The summed E-state index contributed by atoms with van der Waals surface area (Å²) in [6.45, 7) is 5.86. The van der Waals surface area contributed by atoms with Gasteiger partial charge in [-0.15, -0.1) is 11.5 Å². The van der Waals surface area contributed by atoms with E-state index in [0.717, 1.165) is 5.56 Å². The summed E-state index contributed by atoms with van der Waals surface area (Å²) in [6.07, 6.45) is -5.43. The number of aryl methyl sites for hydroxylation is 1. The van der Waals surface area contributed by atoms with E-state index in [1.54, 1.807) is 30.3 Å². The Labute approximate surface area is 125 Å². The van der Waals surface area contributed by atoms with Crippen LogP contribution >= 0.6 is 0 Å². The number of alkyl halides is 3. The summed E-state index contributed by atoms with van der Waals surface area (Å²) in [4.78, 5) is 0. The van der Waals surface area contributed by atoms with Crippen LogP contribution in [-0.4, -0.2) is 25.0 Å². The molecule has 116 valence electrons. The number of halogens is 3. The van der Waals surface area contributed by atoms with E-state index >= 15 is 0 Å². The van der Waals surface area contributed by atoms with Crippen LogP contribution in [0.3, 0.4) is 0 Å². The van der Waals surface area contributed by atoms with Crippen molar-refractivity contribution in [2.45, 2.75) is 50.7 Å². The first-order valence-electron chi connectivity index (χ1n) is 6.87. The second-order valence-corrected chi connectivity index (χ2v) is 11.0. The fraction of sp³-hybridized carbons (Fsp3) is 0.500. The van der Waals surface area contributed by atoms with Gasteiger partial charge in [0, 0.05) is 6.42 Å². The van der Waals surface area contributed by atoms with Crippen molar-refractivity contribution in [3.05, 3.63) is 35.9 Å². The summed E-state index contributed by atoms with van der Waals surface area (Å²) in [5, 5.41) is 9.99. The summed E-state index contributed by atoms with van der Waals surface area (Å²) >= 11 is 0. The van der Waals surface area contributed by atoms with Gasteiger partial charge in [0.15, 0.2) is 5.60 Å². The van der Waals surface area contributed by atoms with Crippen molar-refractivity contribution >= 4 is 8.07 Å². The van der Waals surface area contributed by atoms with E-state index in [2.05, 4.69) is 11.5 Å². The number of aliphatic hydroxyl groups is 1. The Morgan fingerprint density at radius 3 is 2.14 bits per heavy atom. The van der Waals surface area contributed by atoms with Gasteiger partial charge in [0.25, 0.3) is 0 Å². The Morgan fingerprint density at radius 1 is 1.10 bits per heavy atom. The normalized spacial score (nSPS) is 15.0. The predicted octanol–water partition coefficient (Wildman–Crippen LogP) is 4.18. The van der Waals surface area contributed by atoms with Gasteiger partial charge in [0.1, 0.15) is 8.07 Å². The van der Waals surface area contributed by atoms with Gasteiger partial charge in [0.2, 0.25) is 0 Å². The van der Waals surface area contributed by atoms with Crippen molar-refractivity contribution in [2.75, 3.05) is 0 Å². The monoisotopic (exact) mass is 314 g/mol. The maximum Gasteiger partial charge on any atom is 0.418 e. The minimum Gasteiger partial charge on any atom is -0.380 e. The van der Waals surface area contributed by atoms with Crippen LogP contribution in [0.5, 0.6) is 0 Å². The smallest absolute Gasteiger partial charge is 0.380 e. The average Bonchev–Trinajstić information content (AvgIpc) is 2.35. The standard InChI is InChI=1S/C16H21F3OSi/c1-21(2,3)13-7-11-15(20,16(17,18)19)12-10-14-8-5-4-6-9-14/h4-6,8-9,20H,10-12H2,1-3H3/t15-/m0/s1. The highest BCUT2D eigenvalue weighted by atomic mass is 28.3. The molecule has 0 radical (unpaired) electrons. The molecule has 0 amide bonds. The SMILES string of the molecule is C[Si](C)(C)C#CC[C@](O)(CCc1ccccc1)C(F)(F)F. The largest absolute Gasteiger partial charge is 0.418 e. The lowest BCUT2D eigenvalue weighted by atomic mass is 9.91. The molecule has 0 fully saturated rings. The fourth-order valence-electron chi connectivity index (χ4n) is 1.78. The lowest BCUT2D eigenvalue weighted by molar-refractivity contribution is -0.260. The quantitative estimate of drug-likeness (QED) is 0.653. The van der Waals surface area contributed by atoms with Gasteiger partial charge in [0.05, 0.1) is 0 Å². The molecule has 0 unspecified atom stereocenters. The van der Waals surface area contributed by atoms with E-state index in [4.69, 9.17) is 0 Å². The zero-order valence-corrected chi connectivity index (χ0v) is 13.6. The average molecular weight is 314 g/mol. The van der Waals surface area contributed by atoms with E-state index in [1.165, 1.54) is 0 Å². The van der Waals surface area contributed by atoms with Crippen LogP contribution < -0.4 is 0 Å². The van der Waals surface area contributed by atoms with E-state index in [-0.39, 0.29) is 12.8 Å². The second-order valence-electron chi connectivity index (χ2n) is 6.24. The molecule has 1 nitrogen and oxygen atoms in total. The van der Waals surface area contributed by atoms with E-state index in [9.17, 15) is 18.3 Å². The molecule has 5 heteroatoms. The van der Waals surface area contributed by atoms with Gasteiger partial charge < -0.3 is 5.11 Å². The molecule has 0 saturated heterocycles. The molecule has 1 aromatic rings. The Morgan fingerprint density at radius 2 is 1.67 bits per heavy atom. The number of hydrogen-bond donors (Lipinski definition) is 1. The van der Waals surface area contributed by atoms with Gasteiger partial charge in [-0.2, -0.15) is 13.2 Å². The summed E-state index contributed by atoms with van der Waals surface area (Å²) < 4.78 is 39.4. The molecule has 0 aliphatic carbocycles. The van der Waals surface area contributed by atoms with Crippen molar-refractivity contribution in [1.29, 1.82) is 0 Å². The van der Waals surface area contributed by atoms with Gasteiger partial charge in [-0.3, -0.25) is 0 Å². The van der Waals surface area contributed by atoms with Crippen LogP contribution in [0.25, 0.3) is 0 Å². The third kappa shape index (κ3) is 5.94. The van der Waals surface area contributed by atoms with Crippen molar-refractivity contribution in [1.82, 2.24) is 0 Å². The molecule has 0 aromatic heterocycles. The second kappa shape index (κ2) is 6.67. The number of benzene rings is 1. The third-order valence-electron chi connectivity index (χ3n) is 3.04. The maximum atomic E-state index is 13.1. The Bertz CT molecular complexity index is 508. The van der Waals surface area contributed by atoms with Crippen molar-refractivity contribution in [2.24, 2.45) is 0 Å². The van der Waals surface area contributed by atoms with Gasteiger partial charge in [-0.1, -0.05) is 50.0 Å². The highest BCUT2D eigenvalue weighted by Gasteiger charge is 2.52. The third-order valence-corrected chi connectivity index (χ3v) is 3.97. The van der Waals surface area contributed by atoms with Crippen LogP contribution in [0, 0.1) is 11.5 Å². The molecule has 21 heavy (non-hydrogen) atoms. The van der Waals surface area contributed by atoms with E-state index in [1.807, 2.05) is 19.6 Å². The molecular weight excluding hydrogens is 293 g/mol. The molecule has 0 saturated carbocycles. The van der Waals surface area contributed by atoms with Crippen LogP contribution in [0.1, 0.15) is 18.4 Å². The van der Waals surface area contributed by atoms with Crippen molar-refractivity contribution in [3.63, 3.8) is 0 Å². The first kappa shape index (κ1) is 17.8. The first-order chi connectivity index (χ1) is 9.54. The van der Waals surface area contributed by atoms with Crippen molar-refractivity contribution < 1.29 is 18.3 Å². The zero-order chi connectivity index (χ0) is 16.1. The van der Waals surface area contributed by atoms with Crippen LogP contribution in [0.2, 0.25) is 19.6 Å². The van der Waals surface area contributed by atoms with Crippen LogP contribution in [0.4, 0.5) is 13.2 Å². The highest BCUT2D eigenvalue weighted by Crippen LogP contribution is 2.36. The Kier molecular flexibility index (Phi) is 5.65. The topological polar surface area (TPSA) is 20.2 Å². The lowest BCUT2D eigenvalue weighted by Crippen LogP contribution is -2.45. The molecule has 1 N–H and O–H groups in total. The van der Waals surface area contributed by atoms with Gasteiger partial charge >= 0.3 is 6.18 Å². The summed E-state index contributed by atoms with van der Waals surface area (Å²) in [5.74, 6) is 2.55. The maximum absolute atomic E-state index is 13.1. The van der Waals surface area contributed by atoms with Crippen molar-refractivity contribution in [3.8, 4) is 11.5 Å². The molecular formula is C16H21F3OSi. The minimum absolute atomic E-state index is 0.172. The molecule has 0 aliphatic rings. The lowest BCUT2D eigenvalue weighted by Gasteiger charge is -2.29. The zero-order valence-electron chi connectivity index (χ0n) is 12.6.